The number of para-hydroxylation sites is 1. The Bertz CT molecular complexity index is 480. The van der Waals surface area contributed by atoms with Gasteiger partial charge in [-0.25, -0.2) is 4.39 Å². The van der Waals surface area contributed by atoms with Crippen molar-refractivity contribution in [1.82, 2.24) is 0 Å². The number of amides is 1. The van der Waals surface area contributed by atoms with Gasteiger partial charge in [0.15, 0.2) is 0 Å². The number of halogens is 1. The fraction of sp³-hybridized carbons (Fsp3) is 0.333. The van der Waals surface area contributed by atoms with Crippen LogP contribution in [-0.2, 0) is 4.79 Å². The summed E-state index contributed by atoms with van der Waals surface area (Å²) in [6.07, 6.45) is 2.56. The zero-order valence-electron chi connectivity index (χ0n) is 8.69. The number of carbonyl (C=O) groups excluding carboxylic acids is 1. The van der Waals surface area contributed by atoms with Crippen molar-refractivity contribution in [3.8, 4) is 0 Å². The van der Waals surface area contributed by atoms with Gasteiger partial charge >= 0.3 is 0 Å². The lowest BCUT2D eigenvalue weighted by Crippen LogP contribution is -2.20. The molecule has 0 unspecified atom stereocenters. The highest BCUT2D eigenvalue weighted by atomic mass is 19.1. The molecule has 1 saturated carbocycles. The topological polar surface area (TPSA) is 32.7 Å². The van der Waals surface area contributed by atoms with E-state index in [1.165, 1.54) is 11.1 Å². The summed E-state index contributed by atoms with van der Waals surface area (Å²) in [5.74, 6) is -0.0793. The fourth-order valence-corrected chi connectivity index (χ4v) is 1.90. The molecule has 3 rings (SSSR count). The minimum atomic E-state index is -0.406. The van der Waals surface area contributed by atoms with E-state index in [9.17, 15) is 9.18 Å². The van der Waals surface area contributed by atoms with E-state index in [1.807, 2.05) is 0 Å². The number of carbonyl (C=O) groups is 1. The molecule has 4 heteroatoms. The second-order valence-corrected chi connectivity index (χ2v) is 4.20. The minimum absolute atomic E-state index is 0.132. The molecule has 1 fully saturated rings. The summed E-state index contributed by atoms with van der Waals surface area (Å²) in [6.45, 7) is 0. The van der Waals surface area contributed by atoms with Crippen LogP contribution in [-0.4, -0.2) is 11.6 Å². The third-order valence-electron chi connectivity index (χ3n) is 2.93. The van der Waals surface area contributed by atoms with Gasteiger partial charge in [0, 0.05) is 0 Å². The fourth-order valence-electron chi connectivity index (χ4n) is 1.90. The predicted octanol–water partition coefficient (Wildman–Crippen LogP) is 2.33. The molecule has 1 amide bonds. The standard InChI is InChI=1S/C12H11FN2O/c13-9-3-1-2-4-11(9)15-12(16)7-10(14-15)8-5-6-8/h1-4,8H,5-7H2. The van der Waals surface area contributed by atoms with Crippen LogP contribution in [0.25, 0.3) is 0 Å². The molecule has 1 aromatic rings. The van der Waals surface area contributed by atoms with Crippen molar-refractivity contribution in [3.63, 3.8) is 0 Å². The Morgan fingerprint density at radius 3 is 2.75 bits per heavy atom. The first-order valence-electron chi connectivity index (χ1n) is 5.40. The van der Waals surface area contributed by atoms with Crippen molar-refractivity contribution in [3.05, 3.63) is 30.1 Å². The van der Waals surface area contributed by atoms with E-state index in [-0.39, 0.29) is 11.6 Å². The molecule has 0 N–H and O–H groups in total. The highest BCUT2D eigenvalue weighted by Crippen LogP contribution is 2.35. The van der Waals surface area contributed by atoms with Crippen molar-refractivity contribution >= 4 is 17.3 Å². The Morgan fingerprint density at radius 2 is 2.06 bits per heavy atom. The molecule has 0 saturated heterocycles. The Morgan fingerprint density at radius 1 is 1.31 bits per heavy atom. The van der Waals surface area contributed by atoms with Gasteiger partial charge in [0.05, 0.1) is 12.1 Å². The summed E-state index contributed by atoms with van der Waals surface area (Å²) in [7, 11) is 0. The van der Waals surface area contributed by atoms with Gasteiger partial charge in [-0.2, -0.15) is 10.1 Å². The number of rotatable bonds is 2. The van der Waals surface area contributed by atoms with E-state index in [2.05, 4.69) is 5.10 Å². The maximum atomic E-state index is 13.5. The summed E-state index contributed by atoms with van der Waals surface area (Å²) in [4.78, 5) is 11.7. The molecule has 1 aliphatic carbocycles. The van der Waals surface area contributed by atoms with Crippen molar-refractivity contribution in [2.75, 3.05) is 5.01 Å². The van der Waals surface area contributed by atoms with Gasteiger partial charge in [0.25, 0.3) is 5.91 Å². The van der Waals surface area contributed by atoms with E-state index < -0.39 is 5.82 Å². The molecule has 0 radical (unpaired) electrons. The third kappa shape index (κ3) is 1.50. The van der Waals surface area contributed by atoms with Gasteiger partial charge in [0.2, 0.25) is 0 Å². The lowest BCUT2D eigenvalue weighted by molar-refractivity contribution is -0.116. The first-order valence-corrected chi connectivity index (χ1v) is 5.40. The number of nitrogens with zero attached hydrogens (tertiary/aromatic N) is 2. The van der Waals surface area contributed by atoms with Gasteiger partial charge in [-0.1, -0.05) is 12.1 Å². The van der Waals surface area contributed by atoms with E-state index in [1.54, 1.807) is 18.2 Å². The van der Waals surface area contributed by atoms with Gasteiger partial charge in [-0.15, -0.1) is 0 Å². The maximum absolute atomic E-state index is 13.5. The maximum Gasteiger partial charge on any atom is 0.253 e. The van der Waals surface area contributed by atoms with Crippen LogP contribution in [0.4, 0.5) is 10.1 Å². The molecule has 2 aliphatic rings. The van der Waals surface area contributed by atoms with Crippen LogP contribution in [0.3, 0.4) is 0 Å². The van der Waals surface area contributed by atoms with E-state index in [0.717, 1.165) is 18.6 Å². The Labute approximate surface area is 92.6 Å². The quantitative estimate of drug-likeness (QED) is 0.749. The molecule has 82 valence electrons. The average Bonchev–Trinajstić information content (AvgIpc) is 3.04. The van der Waals surface area contributed by atoms with Gasteiger partial charge in [0.1, 0.15) is 11.5 Å². The zero-order valence-corrected chi connectivity index (χ0v) is 8.69. The van der Waals surface area contributed by atoms with E-state index in [0.29, 0.717) is 12.3 Å². The van der Waals surface area contributed by atoms with Crippen LogP contribution in [0.5, 0.6) is 0 Å². The normalized spacial score (nSPS) is 20.2. The molecule has 1 heterocycles. The van der Waals surface area contributed by atoms with Crippen LogP contribution < -0.4 is 5.01 Å². The molecular formula is C12H11FN2O. The molecule has 1 aliphatic heterocycles. The van der Waals surface area contributed by atoms with Gasteiger partial charge in [-0.05, 0) is 30.9 Å². The van der Waals surface area contributed by atoms with E-state index in [4.69, 9.17) is 0 Å². The van der Waals surface area contributed by atoms with Gasteiger partial charge < -0.3 is 0 Å². The lowest BCUT2D eigenvalue weighted by atomic mass is 10.2. The first kappa shape index (κ1) is 9.51. The van der Waals surface area contributed by atoms with E-state index >= 15 is 0 Å². The summed E-state index contributed by atoms with van der Waals surface area (Å²) >= 11 is 0. The molecule has 0 aromatic heterocycles. The zero-order chi connectivity index (χ0) is 11.1. The molecule has 16 heavy (non-hydrogen) atoms. The van der Waals surface area contributed by atoms with Crippen LogP contribution >= 0.6 is 0 Å². The minimum Gasteiger partial charge on any atom is -0.272 e. The van der Waals surface area contributed by atoms with Crippen LogP contribution in [0.15, 0.2) is 29.4 Å². The number of anilines is 1. The van der Waals surface area contributed by atoms with Crippen LogP contribution in [0.2, 0.25) is 0 Å². The summed E-state index contributed by atoms with van der Waals surface area (Å²) in [5, 5.41) is 5.42. The number of benzene rings is 1. The number of hydrogen-bond acceptors (Lipinski definition) is 2. The smallest absolute Gasteiger partial charge is 0.253 e. The second-order valence-electron chi connectivity index (χ2n) is 4.20. The summed E-state index contributed by atoms with van der Waals surface area (Å²) < 4.78 is 13.5. The third-order valence-corrected chi connectivity index (χ3v) is 2.93. The SMILES string of the molecule is O=C1CC(C2CC2)=NN1c1ccccc1F. The molecular weight excluding hydrogens is 207 g/mol. The Kier molecular flexibility index (Phi) is 2.02. The summed E-state index contributed by atoms with van der Waals surface area (Å²) in [6, 6.07) is 6.22. The summed E-state index contributed by atoms with van der Waals surface area (Å²) in [5.41, 5.74) is 1.16. The number of hydrogen-bond donors (Lipinski definition) is 0. The largest absolute Gasteiger partial charge is 0.272 e. The number of hydrazone groups is 1. The first-order chi connectivity index (χ1) is 7.75. The van der Waals surface area contributed by atoms with Gasteiger partial charge in [-0.3, -0.25) is 4.79 Å². The molecule has 0 bridgehead atoms. The lowest BCUT2D eigenvalue weighted by Gasteiger charge is -2.11. The molecule has 0 spiro atoms. The van der Waals surface area contributed by atoms with Crippen molar-refractivity contribution in [2.45, 2.75) is 19.3 Å². The van der Waals surface area contributed by atoms with Crippen LogP contribution in [0.1, 0.15) is 19.3 Å². The predicted molar refractivity (Wildman–Crippen MR) is 58.7 cm³/mol. The average molecular weight is 218 g/mol. The van der Waals surface area contributed by atoms with Crippen molar-refractivity contribution < 1.29 is 9.18 Å². The second kappa shape index (κ2) is 3.40. The molecule has 0 atom stereocenters. The molecule has 3 nitrogen and oxygen atoms in total. The Hall–Kier alpha value is -1.71. The highest BCUT2D eigenvalue weighted by molar-refractivity contribution is 6.14. The molecule has 1 aromatic carbocycles. The van der Waals surface area contributed by atoms with Crippen molar-refractivity contribution in [2.24, 2.45) is 11.0 Å². The van der Waals surface area contributed by atoms with Crippen LogP contribution in [0, 0.1) is 11.7 Å². The Balaban J connectivity index is 1.95. The van der Waals surface area contributed by atoms with Crippen molar-refractivity contribution in [1.29, 1.82) is 0 Å². The highest BCUT2D eigenvalue weighted by Gasteiger charge is 2.36. The monoisotopic (exact) mass is 218 g/mol.